The van der Waals surface area contributed by atoms with Gasteiger partial charge in [-0.05, 0) is 26.3 Å². The summed E-state index contributed by atoms with van der Waals surface area (Å²) in [5, 5.41) is 0. The lowest BCUT2D eigenvalue weighted by atomic mass is 10.1. The van der Waals surface area contributed by atoms with Gasteiger partial charge in [0.1, 0.15) is 0 Å². The highest BCUT2D eigenvalue weighted by molar-refractivity contribution is 5.03. The molecule has 1 nitrogen and oxygen atoms in total. The first-order valence-electron chi connectivity index (χ1n) is 4.71. The van der Waals surface area contributed by atoms with Gasteiger partial charge in [-0.2, -0.15) is 0 Å². The Bertz CT molecular complexity index is 138. The Morgan fingerprint density at radius 1 is 1.55 bits per heavy atom. The van der Waals surface area contributed by atoms with Gasteiger partial charge in [-0.15, -0.1) is 0 Å². The fraction of sp³-hybridized carbons (Fsp3) is 0.800. The molecule has 0 aromatic carbocycles. The third-order valence-corrected chi connectivity index (χ3v) is 2.35. The van der Waals surface area contributed by atoms with Crippen LogP contribution in [0.1, 0.15) is 33.1 Å². The first-order valence-corrected chi connectivity index (χ1v) is 4.71. The molecule has 0 fully saturated rings. The molecule has 1 heterocycles. The van der Waals surface area contributed by atoms with Crippen LogP contribution in [0.4, 0.5) is 0 Å². The van der Waals surface area contributed by atoms with Gasteiger partial charge in [0.2, 0.25) is 0 Å². The predicted octanol–water partition coefficient (Wildman–Crippen LogP) is 2.44. The fourth-order valence-electron chi connectivity index (χ4n) is 1.40. The van der Waals surface area contributed by atoms with E-state index in [4.69, 9.17) is 0 Å². The average molecular weight is 153 g/mol. The van der Waals surface area contributed by atoms with Gasteiger partial charge in [-0.3, -0.25) is 4.90 Å². The van der Waals surface area contributed by atoms with Gasteiger partial charge in [0, 0.05) is 13.1 Å². The third-order valence-electron chi connectivity index (χ3n) is 2.35. The standard InChI is InChI=1S/C10H19N/c1-3-4-7-11-8-5-10(2)6-9-11/h5H,3-4,6-9H2,1-2H3. The second-order valence-electron chi connectivity index (χ2n) is 3.45. The molecule has 1 aliphatic rings. The molecule has 0 saturated heterocycles. The monoisotopic (exact) mass is 153 g/mol. The van der Waals surface area contributed by atoms with E-state index in [9.17, 15) is 0 Å². The van der Waals surface area contributed by atoms with E-state index in [0.717, 1.165) is 0 Å². The lowest BCUT2D eigenvalue weighted by Crippen LogP contribution is -2.29. The van der Waals surface area contributed by atoms with Crippen molar-refractivity contribution in [3.63, 3.8) is 0 Å². The Balaban J connectivity index is 2.18. The van der Waals surface area contributed by atoms with Crippen LogP contribution in [0.3, 0.4) is 0 Å². The van der Waals surface area contributed by atoms with E-state index >= 15 is 0 Å². The summed E-state index contributed by atoms with van der Waals surface area (Å²) in [5.41, 5.74) is 1.57. The van der Waals surface area contributed by atoms with Crippen molar-refractivity contribution >= 4 is 0 Å². The van der Waals surface area contributed by atoms with Crippen LogP contribution in [0.5, 0.6) is 0 Å². The highest BCUT2D eigenvalue weighted by Gasteiger charge is 2.06. The zero-order valence-corrected chi connectivity index (χ0v) is 7.77. The molecular weight excluding hydrogens is 134 g/mol. The molecule has 0 amide bonds. The number of unbranched alkanes of at least 4 members (excludes halogenated alkanes) is 1. The fourth-order valence-corrected chi connectivity index (χ4v) is 1.40. The predicted molar refractivity (Wildman–Crippen MR) is 49.7 cm³/mol. The van der Waals surface area contributed by atoms with Gasteiger partial charge in [0.25, 0.3) is 0 Å². The van der Waals surface area contributed by atoms with Gasteiger partial charge >= 0.3 is 0 Å². The highest BCUT2D eigenvalue weighted by Crippen LogP contribution is 2.09. The minimum absolute atomic E-state index is 1.19. The maximum absolute atomic E-state index is 2.54. The van der Waals surface area contributed by atoms with Gasteiger partial charge in [0.05, 0.1) is 0 Å². The Hall–Kier alpha value is -0.300. The molecule has 0 aromatic heterocycles. The Labute approximate surface area is 70.1 Å². The van der Waals surface area contributed by atoms with Gasteiger partial charge in [-0.1, -0.05) is 25.0 Å². The first-order chi connectivity index (χ1) is 5.33. The van der Waals surface area contributed by atoms with Crippen molar-refractivity contribution in [2.75, 3.05) is 19.6 Å². The topological polar surface area (TPSA) is 3.24 Å². The van der Waals surface area contributed by atoms with E-state index in [1.165, 1.54) is 38.9 Å². The summed E-state index contributed by atoms with van der Waals surface area (Å²) in [6.45, 7) is 8.25. The molecule has 0 spiro atoms. The van der Waals surface area contributed by atoms with E-state index in [2.05, 4.69) is 24.8 Å². The van der Waals surface area contributed by atoms with Crippen molar-refractivity contribution in [2.24, 2.45) is 0 Å². The molecule has 1 heteroatoms. The summed E-state index contributed by atoms with van der Waals surface area (Å²) in [7, 11) is 0. The normalized spacial score (nSPS) is 20.0. The van der Waals surface area contributed by atoms with E-state index in [1.807, 2.05) is 0 Å². The molecule has 0 N–H and O–H groups in total. The van der Waals surface area contributed by atoms with Crippen LogP contribution in [0, 0.1) is 0 Å². The zero-order chi connectivity index (χ0) is 8.10. The Kier molecular flexibility index (Phi) is 3.64. The van der Waals surface area contributed by atoms with E-state index in [1.54, 1.807) is 5.57 Å². The number of hydrogen-bond donors (Lipinski definition) is 0. The second kappa shape index (κ2) is 4.55. The van der Waals surface area contributed by atoms with E-state index < -0.39 is 0 Å². The van der Waals surface area contributed by atoms with Crippen molar-refractivity contribution in [3.8, 4) is 0 Å². The minimum atomic E-state index is 1.19. The van der Waals surface area contributed by atoms with Crippen LogP contribution in [-0.2, 0) is 0 Å². The maximum atomic E-state index is 2.54. The second-order valence-corrected chi connectivity index (χ2v) is 3.45. The molecular formula is C10H19N. The number of rotatable bonds is 3. The van der Waals surface area contributed by atoms with Crippen molar-refractivity contribution < 1.29 is 0 Å². The van der Waals surface area contributed by atoms with Gasteiger partial charge in [0.15, 0.2) is 0 Å². The molecule has 64 valence electrons. The smallest absolute Gasteiger partial charge is 0.0165 e. The Morgan fingerprint density at radius 3 is 2.91 bits per heavy atom. The summed E-state index contributed by atoms with van der Waals surface area (Å²) >= 11 is 0. The van der Waals surface area contributed by atoms with E-state index in [-0.39, 0.29) is 0 Å². The summed E-state index contributed by atoms with van der Waals surface area (Å²) < 4.78 is 0. The van der Waals surface area contributed by atoms with Gasteiger partial charge < -0.3 is 0 Å². The lowest BCUT2D eigenvalue weighted by molar-refractivity contribution is 0.289. The molecule has 0 atom stereocenters. The number of hydrogen-bond acceptors (Lipinski definition) is 1. The lowest BCUT2D eigenvalue weighted by Gasteiger charge is -2.24. The molecule has 0 unspecified atom stereocenters. The highest BCUT2D eigenvalue weighted by atomic mass is 15.1. The van der Waals surface area contributed by atoms with Crippen LogP contribution in [-0.4, -0.2) is 24.5 Å². The summed E-state index contributed by atoms with van der Waals surface area (Å²) in [5.74, 6) is 0. The quantitative estimate of drug-likeness (QED) is 0.563. The summed E-state index contributed by atoms with van der Waals surface area (Å²) in [6.07, 6.45) is 6.31. The van der Waals surface area contributed by atoms with Crippen molar-refractivity contribution in [3.05, 3.63) is 11.6 Å². The molecule has 1 rings (SSSR count). The maximum Gasteiger partial charge on any atom is 0.0165 e. The van der Waals surface area contributed by atoms with Crippen LogP contribution in [0.2, 0.25) is 0 Å². The largest absolute Gasteiger partial charge is 0.299 e. The molecule has 0 saturated carbocycles. The minimum Gasteiger partial charge on any atom is -0.299 e. The van der Waals surface area contributed by atoms with Crippen LogP contribution >= 0.6 is 0 Å². The van der Waals surface area contributed by atoms with Crippen molar-refractivity contribution in [1.29, 1.82) is 0 Å². The molecule has 11 heavy (non-hydrogen) atoms. The molecule has 1 aliphatic heterocycles. The SMILES string of the molecule is CCCCN1CC=C(C)CC1. The van der Waals surface area contributed by atoms with Crippen LogP contribution in [0.25, 0.3) is 0 Å². The van der Waals surface area contributed by atoms with Crippen LogP contribution in [0.15, 0.2) is 11.6 Å². The molecule has 0 bridgehead atoms. The van der Waals surface area contributed by atoms with Crippen molar-refractivity contribution in [1.82, 2.24) is 4.90 Å². The molecule has 0 aliphatic carbocycles. The third kappa shape index (κ3) is 3.06. The molecule has 0 radical (unpaired) electrons. The number of nitrogens with zero attached hydrogens (tertiary/aromatic N) is 1. The average Bonchev–Trinajstić information content (AvgIpc) is 2.04. The zero-order valence-electron chi connectivity index (χ0n) is 7.77. The van der Waals surface area contributed by atoms with E-state index in [0.29, 0.717) is 0 Å². The summed E-state index contributed by atoms with van der Waals surface area (Å²) in [6, 6.07) is 0. The van der Waals surface area contributed by atoms with Crippen molar-refractivity contribution in [2.45, 2.75) is 33.1 Å². The summed E-state index contributed by atoms with van der Waals surface area (Å²) in [4.78, 5) is 2.54. The first kappa shape index (κ1) is 8.79. The van der Waals surface area contributed by atoms with Crippen LogP contribution < -0.4 is 0 Å². The molecule has 0 aromatic rings. The Morgan fingerprint density at radius 2 is 2.36 bits per heavy atom. The van der Waals surface area contributed by atoms with Gasteiger partial charge in [-0.25, -0.2) is 0 Å².